The monoisotopic (exact) mass is 258 g/mol. The quantitative estimate of drug-likeness (QED) is 0.859. The normalized spacial score (nSPS) is 9.74. The summed E-state index contributed by atoms with van der Waals surface area (Å²) in [5, 5.41) is 8.64. The second-order valence-corrected chi connectivity index (χ2v) is 3.76. The van der Waals surface area contributed by atoms with Gasteiger partial charge in [0.15, 0.2) is 5.75 Å². The molecule has 0 saturated heterocycles. The molecule has 0 aliphatic carbocycles. The van der Waals surface area contributed by atoms with Gasteiger partial charge in [-0.25, -0.2) is 4.39 Å². The standard InChI is InChI=1S/C14H11FN2O2/c1-18-10-4-5-14(13(17)7-10)19-11-3-2-9(8-16)12(15)6-11/h2-7H,17H2,1H3. The maximum atomic E-state index is 13.4. The topological polar surface area (TPSA) is 68.3 Å². The number of nitriles is 1. The fourth-order valence-corrected chi connectivity index (χ4v) is 1.52. The van der Waals surface area contributed by atoms with Crippen LogP contribution in [0.2, 0.25) is 0 Å². The molecule has 0 radical (unpaired) electrons. The predicted molar refractivity (Wildman–Crippen MR) is 68.6 cm³/mol. The van der Waals surface area contributed by atoms with Crippen LogP contribution in [0.25, 0.3) is 0 Å². The van der Waals surface area contributed by atoms with Crippen molar-refractivity contribution < 1.29 is 13.9 Å². The van der Waals surface area contributed by atoms with Gasteiger partial charge in [0.25, 0.3) is 0 Å². The van der Waals surface area contributed by atoms with Crippen molar-refractivity contribution in [2.45, 2.75) is 0 Å². The highest BCUT2D eigenvalue weighted by molar-refractivity contribution is 5.57. The smallest absolute Gasteiger partial charge is 0.150 e. The van der Waals surface area contributed by atoms with E-state index < -0.39 is 5.82 Å². The van der Waals surface area contributed by atoms with Gasteiger partial charge in [-0.3, -0.25) is 0 Å². The van der Waals surface area contributed by atoms with Crippen molar-refractivity contribution in [2.75, 3.05) is 12.8 Å². The number of methoxy groups -OCH3 is 1. The number of ether oxygens (including phenoxy) is 2. The molecule has 2 rings (SSSR count). The Balaban J connectivity index is 2.26. The number of nitrogens with two attached hydrogens (primary N) is 1. The van der Waals surface area contributed by atoms with E-state index in [-0.39, 0.29) is 11.3 Å². The molecule has 0 aromatic heterocycles. The van der Waals surface area contributed by atoms with Crippen LogP contribution in [0.15, 0.2) is 36.4 Å². The number of anilines is 1. The Bertz CT molecular complexity index is 650. The zero-order valence-corrected chi connectivity index (χ0v) is 10.2. The molecular formula is C14H11FN2O2. The molecule has 2 aromatic carbocycles. The van der Waals surface area contributed by atoms with Crippen LogP contribution < -0.4 is 15.2 Å². The molecule has 2 aromatic rings. The highest BCUT2D eigenvalue weighted by Crippen LogP contribution is 2.31. The minimum Gasteiger partial charge on any atom is -0.497 e. The molecule has 0 spiro atoms. The molecular weight excluding hydrogens is 247 g/mol. The minimum atomic E-state index is -0.632. The fourth-order valence-electron chi connectivity index (χ4n) is 1.52. The van der Waals surface area contributed by atoms with Gasteiger partial charge in [-0.15, -0.1) is 0 Å². The molecule has 0 unspecified atom stereocenters. The first-order valence-electron chi connectivity index (χ1n) is 5.45. The van der Waals surface area contributed by atoms with Gasteiger partial charge in [0.1, 0.15) is 23.4 Å². The summed E-state index contributed by atoms with van der Waals surface area (Å²) in [5.41, 5.74) is 6.13. The summed E-state index contributed by atoms with van der Waals surface area (Å²) in [4.78, 5) is 0. The Hall–Kier alpha value is -2.74. The van der Waals surface area contributed by atoms with Crippen LogP contribution in [-0.2, 0) is 0 Å². The number of hydrogen-bond acceptors (Lipinski definition) is 4. The maximum Gasteiger partial charge on any atom is 0.150 e. The second kappa shape index (κ2) is 5.27. The third-order valence-corrected chi connectivity index (χ3v) is 2.51. The van der Waals surface area contributed by atoms with Crippen LogP contribution in [0, 0.1) is 17.1 Å². The lowest BCUT2D eigenvalue weighted by molar-refractivity contribution is 0.413. The van der Waals surface area contributed by atoms with Crippen molar-refractivity contribution in [1.82, 2.24) is 0 Å². The Labute approximate surface area is 109 Å². The van der Waals surface area contributed by atoms with Crippen molar-refractivity contribution in [3.05, 3.63) is 47.8 Å². The Kier molecular flexibility index (Phi) is 3.53. The van der Waals surface area contributed by atoms with E-state index in [1.165, 1.54) is 19.2 Å². The molecule has 0 fully saturated rings. The van der Waals surface area contributed by atoms with Crippen LogP contribution in [0.5, 0.6) is 17.2 Å². The number of nitrogens with zero attached hydrogens (tertiary/aromatic N) is 1. The van der Waals surface area contributed by atoms with Gasteiger partial charge < -0.3 is 15.2 Å². The zero-order valence-electron chi connectivity index (χ0n) is 10.2. The van der Waals surface area contributed by atoms with Gasteiger partial charge in [-0.05, 0) is 24.3 Å². The highest BCUT2D eigenvalue weighted by atomic mass is 19.1. The van der Waals surface area contributed by atoms with Gasteiger partial charge in [0.2, 0.25) is 0 Å². The van der Waals surface area contributed by atoms with E-state index in [1.54, 1.807) is 24.3 Å². The minimum absolute atomic E-state index is 0.0324. The molecule has 5 heteroatoms. The van der Waals surface area contributed by atoms with Crippen molar-refractivity contribution in [1.29, 1.82) is 5.26 Å². The lowest BCUT2D eigenvalue weighted by Crippen LogP contribution is -1.94. The summed E-state index contributed by atoms with van der Waals surface area (Å²) in [5.74, 6) is 0.640. The van der Waals surface area contributed by atoms with E-state index >= 15 is 0 Å². The van der Waals surface area contributed by atoms with E-state index in [2.05, 4.69) is 0 Å². The third-order valence-electron chi connectivity index (χ3n) is 2.51. The van der Waals surface area contributed by atoms with E-state index in [0.29, 0.717) is 17.2 Å². The highest BCUT2D eigenvalue weighted by Gasteiger charge is 2.07. The van der Waals surface area contributed by atoms with Gasteiger partial charge in [0, 0.05) is 12.1 Å². The molecule has 0 aliphatic rings. The van der Waals surface area contributed by atoms with E-state index in [1.807, 2.05) is 0 Å². The Morgan fingerprint density at radius 3 is 2.47 bits per heavy atom. The van der Waals surface area contributed by atoms with Crippen LogP contribution >= 0.6 is 0 Å². The van der Waals surface area contributed by atoms with Crippen LogP contribution in [0.3, 0.4) is 0 Å². The number of nitrogen functional groups attached to an aromatic ring is 1. The third kappa shape index (κ3) is 2.75. The molecule has 2 N–H and O–H groups in total. The summed E-state index contributed by atoms with van der Waals surface area (Å²) in [6, 6.07) is 10.7. The molecule has 0 saturated carbocycles. The van der Waals surface area contributed by atoms with Crippen LogP contribution in [-0.4, -0.2) is 7.11 Å². The molecule has 96 valence electrons. The number of benzene rings is 2. The number of halogens is 1. The molecule has 0 aliphatic heterocycles. The summed E-state index contributed by atoms with van der Waals surface area (Å²) in [6.45, 7) is 0. The zero-order chi connectivity index (χ0) is 13.8. The summed E-state index contributed by atoms with van der Waals surface area (Å²) in [7, 11) is 1.53. The first-order chi connectivity index (χ1) is 9.13. The average molecular weight is 258 g/mol. The molecule has 0 atom stereocenters. The van der Waals surface area contributed by atoms with Crippen LogP contribution in [0.1, 0.15) is 5.56 Å². The first-order valence-corrected chi connectivity index (χ1v) is 5.45. The predicted octanol–water partition coefficient (Wildman–Crippen LogP) is 3.08. The van der Waals surface area contributed by atoms with E-state index in [9.17, 15) is 4.39 Å². The fraction of sp³-hybridized carbons (Fsp3) is 0.0714. The SMILES string of the molecule is COc1ccc(Oc2ccc(C#N)c(F)c2)c(N)c1. The summed E-state index contributed by atoms with van der Waals surface area (Å²) < 4.78 is 23.9. The first kappa shape index (κ1) is 12.7. The molecule has 4 nitrogen and oxygen atoms in total. The van der Waals surface area contributed by atoms with Gasteiger partial charge in [-0.1, -0.05) is 0 Å². The number of hydrogen-bond donors (Lipinski definition) is 1. The number of rotatable bonds is 3. The van der Waals surface area contributed by atoms with Crippen molar-refractivity contribution in [3.63, 3.8) is 0 Å². The molecule has 0 bridgehead atoms. The summed E-state index contributed by atoms with van der Waals surface area (Å²) >= 11 is 0. The van der Waals surface area contributed by atoms with Crippen molar-refractivity contribution in [3.8, 4) is 23.3 Å². The summed E-state index contributed by atoms with van der Waals surface area (Å²) in [6.07, 6.45) is 0. The van der Waals surface area contributed by atoms with Crippen molar-refractivity contribution in [2.24, 2.45) is 0 Å². The van der Waals surface area contributed by atoms with Gasteiger partial charge in [-0.2, -0.15) is 5.26 Å². The van der Waals surface area contributed by atoms with Gasteiger partial charge in [0.05, 0.1) is 18.4 Å². The molecule has 0 amide bonds. The lowest BCUT2D eigenvalue weighted by atomic mass is 10.2. The van der Waals surface area contributed by atoms with Crippen LogP contribution in [0.4, 0.5) is 10.1 Å². The van der Waals surface area contributed by atoms with E-state index in [0.717, 1.165) is 6.07 Å². The Morgan fingerprint density at radius 2 is 1.89 bits per heavy atom. The van der Waals surface area contributed by atoms with Crippen molar-refractivity contribution >= 4 is 5.69 Å². The second-order valence-electron chi connectivity index (χ2n) is 3.76. The molecule has 0 heterocycles. The largest absolute Gasteiger partial charge is 0.497 e. The maximum absolute atomic E-state index is 13.4. The lowest BCUT2D eigenvalue weighted by Gasteiger charge is -2.10. The van der Waals surface area contributed by atoms with Gasteiger partial charge >= 0.3 is 0 Å². The van der Waals surface area contributed by atoms with E-state index in [4.69, 9.17) is 20.5 Å². The average Bonchev–Trinajstić information content (AvgIpc) is 2.41. The molecule has 19 heavy (non-hydrogen) atoms. The Morgan fingerprint density at radius 1 is 1.16 bits per heavy atom.